The number of carbonyl (C=O) groups excluding carboxylic acids is 1. The maximum absolute atomic E-state index is 12.9. The molecule has 1 aliphatic heterocycles. The second kappa shape index (κ2) is 8.78. The second-order valence-corrected chi connectivity index (χ2v) is 10.5. The Morgan fingerprint density at radius 3 is 2.58 bits per heavy atom. The molecular weight excluding hydrogens is 416 g/mol. The molecular formula is C23H30N2O5S. The van der Waals surface area contributed by atoms with Gasteiger partial charge in [0.2, 0.25) is 10.0 Å². The van der Waals surface area contributed by atoms with E-state index in [1.807, 2.05) is 43.3 Å². The number of anilines is 1. The maximum Gasteiger partial charge on any atom is 0.263 e. The van der Waals surface area contributed by atoms with Crippen LogP contribution in [0.2, 0.25) is 0 Å². The Morgan fingerprint density at radius 1 is 1.23 bits per heavy atom. The van der Waals surface area contributed by atoms with Gasteiger partial charge in [0.25, 0.3) is 5.91 Å². The Bertz CT molecular complexity index is 1060. The van der Waals surface area contributed by atoms with Gasteiger partial charge < -0.3 is 14.8 Å². The van der Waals surface area contributed by atoms with E-state index in [0.29, 0.717) is 23.8 Å². The van der Waals surface area contributed by atoms with Crippen molar-refractivity contribution in [3.8, 4) is 11.5 Å². The zero-order chi connectivity index (χ0) is 22.8. The van der Waals surface area contributed by atoms with E-state index in [1.165, 1.54) is 4.31 Å². The summed E-state index contributed by atoms with van der Waals surface area (Å²) in [7, 11) is -3.60. The first kappa shape index (κ1) is 22.9. The third-order valence-corrected chi connectivity index (χ3v) is 6.26. The van der Waals surface area contributed by atoms with Crippen molar-refractivity contribution in [3.63, 3.8) is 0 Å². The topological polar surface area (TPSA) is 84.9 Å². The van der Waals surface area contributed by atoms with Gasteiger partial charge in [-0.15, -0.1) is 0 Å². The Balaban J connectivity index is 1.82. The molecule has 8 heteroatoms. The molecule has 1 amide bonds. The number of ether oxygens (including phenoxy) is 2. The fraction of sp³-hybridized carbons (Fsp3) is 0.435. The van der Waals surface area contributed by atoms with Gasteiger partial charge >= 0.3 is 0 Å². The number of nitrogens with one attached hydrogen (secondary N) is 1. The molecule has 0 spiro atoms. The fourth-order valence-corrected chi connectivity index (χ4v) is 4.32. The van der Waals surface area contributed by atoms with Crippen LogP contribution in [-0.4, -0.2) is 39.8 Å². The number of carbonyl (C=O) groups is 1. The monoisotopic (exact) mass is 446 g/mol. The van der Waals surface area contributed by atoms with E-state index in [4.69, 9.17) is 9.47 Å². The summed E-state index contributed by atoms with van der Waals surface area (Å²) in [6.45, 7) is 8.75. The molecule has 0 radical (unpaired) electrons. The number of nitrogens with zero attached hydrogens (tertiary/aromatic N) is 1. The molecule has 3 rings (SSSR count). The molecule has 0 fully saturated rings. The van der Waals surface area contributed by atoms with Crippen LogP contribution in [0.15, 0.2) is 42.5 Å². The van der Waals surface area contributed by atoms with E-state index in [9.17, 15) is 13.2 Å². The normalized spacial score (nSPS) is 16.3. The molecule has 0 aromatic heterocycles. The van der Waals surface area contributed by atoms with Gasteiger partial charge in [0, 0.05) is 12.1 Å². The van der Waals surface area contributed by atoms with Gasteiger partial charge in [0.1, 0.15) is 11.5 Å². The average Bonchev–Trinajstić information content (AvgIpc) is 2.70. The molecule has 1 heterocycles. The summed E-state index contributed by atoms with van der Waals surface area (Å²) in [6, 6.07) is 12.9. The minimum absolute atomic E-state index is 0.0850. The summed E-state index contributed by atoms with van der Waals surface area (Å²) in [4.78, 5) is 12.9. The van der Waals surface area contributed by atoms with Crippen LogP contribution < -0.4 is 19.1 Å². The van der Waals surface area contributed by atoms with Gasteiger partial charge in [0.05, 0.1) is 25.1 Å². The van der Waals surface area contributed by atoms with E-state index in [2.05, 4.69) is 26.1 Å². The molecule has 7 nitrogen and oxygen atoms in total. The van der Waals surface area contributed by atoms with Crippen molar-refractivity contribution in [2.24, 2.45) is 0 Å². The number of hydrogen-bond acceptors (Lipinski definition) is 5. The van der Waals surface area contributed by atoms with Crippen molar-refractivity contribution in [1.82, 2.24) is 5.32 Å². The highest BCUT2D eigenvalue weighted by molar-refractivity contribution is 7.92. The number of hydrogen-bond donors (Lipinski definition) is 1. The third-order valence-electron chi connectivity index (χ3n) is 5.11. The molecule has 0 saturated heterocycles. The maximum atomic E-state index is 12.9. The van der Waals surface area contributed by atoms with Crippen molar-refractivity contribution in [3.05, 3.63) is 53.6 Å². The quantitative estimate of drug-likeness (QED) is 0.736. The van der Waals surface area contributed by atoms with Crippen LogP contribution in [0.1, 0.15) is 38.8 Å². The largest absolute Gasteiger partial charge is 0.494 e. The zero-order valence-corrected chi connectivity index (χ0v) is 19.5. The molecule has 1 N–H and O–H groups in total. The summed E-state index contributed by atoms with van der Waals surface area (Å²) in [6.07, 6.45) is 0.182. The predicted octanol–water partition coefficient (Wildman–Crippen LogP) is 3.23. The Hall–Kier alpha value is -2.74. The number of sulfonamides is 1. The van der Waals surface area contributed by atoms with Crippen molar-refractivity contribution < 1.29 is 22.7 Å². The average molecular weight is 447 g/mol. The van der Waals surface area contributed by atoms with Crippen LogP contribution >= 0.6 is 0 Å². The lowest BCUT2D eigenvalue weighted by Gasteiger charge is -2.35. The Morgan fingerprint density at radius 2 is 1.94 bits per heavy atom. The highest BCUT2D eigenvalue weighted by atomic mass is 32.2. The first-order valence-corrected chi connectivity index (χ1v) is 12.1. The molecule has 0 unspecified atom stereocenters. The third kappa shape index (κ3) is 5.31. The molecule has 0 aliphatic carbocycles. The van der Waals surface area contributed by atoms with Crippen molar-refractivity contribution in [2.45, 2.75) is 45.8 Å². The van der Waals surface area contributed by atoms with Crippen molar-refractivity contribution >= 4 is 21.6 Å². The van der Waals surface area contributed by atoms with Gasteiger partial charge in [-0.05, 0) is 36.1 Å². The van der Waals surface area contributed by atoms with Crippen molar-refractivity contribution in [1.29, 1.82) is 0 Å². The van der Waals surface area contributed by atoms with E-state index < -0.39 is 16.1 Å². The van der Waals surface area contributed by atoms with Crippen LogP contribution in [0.25, 0.3) is 0 Å². The van der Waals surface area contributed by atoms with Gasteiger partial charge in [-0.1, -0.05) is 45.0 Å². The van der Waals surface area contributed by atoms with Crippen LogP contribution in [0.3, 0.4) is 0 Å². The predicted molar refractivity (Wildman–Crippen MR) is 121 cm³/mol. The van der Waals surface area contributed by atoms with Gasteiger partial charge in [0.15, 0.2) is 6.10 Å². The van der Waals surface area contributed by atoms with E-state index in [0.717, 1.165) is 17.4 Å². The lowest BCUT2D eigenvalue weighted by molar-refractivity contribution is -0.127. The van der Waals surface area contributed by atoms with E-state index in [1.54, 1.807) is 6.07 Å². The molecule has 1 atom stereocenters. The number of para-hydroxylation sites is 1. The fourth-order valence-electron chi connectivity index (χ4n) is 3.41. The number of rotatable bonds is 6. The van der Waals surface area contributed by atoms with Crippen LogP contribution in [0.4, 0.5) is 5.69 Å². The number of amides is 1. The first-order valence-electron chi connectivity index (χ1n) is 10.3. The summed E-state index contributed by atoms with van der Waals surface area (Å²) in [5.74, 6) is 0.692. The van der Waals surface area contributed by atoms with Gasteiger partial charge in [-0.25, -0.2) is 8.42 Å². The zero-order valence-electron chi connectivity index (χ0n) is 18.6. The van der Waals surface area contributed by atoms with Gasteiger partial charge in [-0.3, -0.25) is 9.10 Å². The summed E-state index contributed by atoms with van der Waals surface area (Å²) in [5.41, 5.74) is 2.13. The lowest BCUT2D eigenvalue weighted by atomic mass is 9.86. The smallest absolute Gasteiger partial charge is 0.263 e. The van der Waals surface area contributed by atoms with Crippen molar-refractivity contribution in [2.75, 3.05) is 23.7 Å². The van der Waals surface area contributed by atoms with E-state index in [-0.39, 0.29) is 24.4 Å². The Kier molecular flexibility index (Phi) is 6.50. The summed E-state index contributed by atoms with van der Waals surface area (Å²) < 4.78 is 37.7. The van der Waals surface area contributed by atoms with Crippen LogP contribution in [0.5, 0.6) is 11.5 Å². The number of benzene rings is 2. The highest BCUT2D eigenvalue weighted by Gasteiger charge is 2.35. The molecule has 0 saturated carbocycles. The molecule has 168 valence electrons. The van der Waals surface area contributed by atoms with Crippen LogP contribution in [-0.2, 0) is 26.8 Å². The SMILES string of the molecule is CCOc1ccccc1CNC(=O)[C@@H]1CN(S(C)(=O)=O)c2cc(C(C)(C)C)ccc2O1. The first-order chi connectivity index (χ1) is 14.5. The lowest BCUT2D eigenvalue weighted by Crippen LogP contribution is -2.50. The molecule has 1 aliphatic rings. The minimum atomic E-state index is -3.60. The summed E-state index contributed by atoms with van der Waals surface area (Å²) in [5, 5.41) is 2.84. The van der Waals surface area contributed by atoms with E-state index >= 15 is 0 Å². The van der Waals surface area contributed by atoms with Crippen LogP contribution in [0, 0.1) is 0 Å². The van der Waals surface area contributed by atoms with Gasteiger partial charge in [-0.2, -0.15) is 0 Å². The number of fused-ring (bicyclic) bond motifs is 1. The molecule has 2 aromatic rings. The molecule has 0 bridgehead atoms. The Labute approximate surface area is 184 Å². The molecule has 2 aromatic carbocycles. The second-order valence-electron chi connectivity index (χ2n) is 8.59. The molecule has 31 heavy (non-hydrogen) atoms. The summed E-state index contributed by atoms with van der Waals surface area (Å²) >= 11 is 0. The highest BCUT2D eigenvalue weighted by Crippen LogP contribution is 2.38. The minimum Gasteiger partial charge on any atom is -0.494 e. The standard InChI is InChI=1S/C23H30N2O5S/c1-6-29-19-10-8-7-9-16(19)14-24-22(26)21-15-25(31(5,27)28)18-13-17(23(2,3)4)11-12-20(18)30-21/h7-13,21H,6,14-15H2,1-5H3,(H,24,26)/t21-/m0/s1.